The summed E-state index contributed by atoms with van der Waals surface area (Å²) in [5.74, 6) is -2.56. The van der Waals surface area contributed by atoms with E-state index in [1.54, 1.807) is 6.07 Å². The van der Waals surface area contributed by atoms with E-state index in [2.05, 4.69) is 0 Å². The van der Waals surface area contributed by atoms with Crippen molar-refractivity contribution in [1.29, 1.82) is 0 Å². The van der Waals surface area contributed by atoms with Crippen molar-refractivity contribution in [2.75, 3.05) is 5.73 Å². The molecule has 3 aromatic carbocycles. The van der Waals surface area contributed by atoms with Crippen LogP contribution in [0.3, 0.4) is 0 Å². The first-order chi connectivity index (χ1) is 10.0. The van der Waals surface area contributed by atoms with E-state index in [9.17, 15) is 14.7 Å². The summed E-state index contributed by atoms with van der Waals surface area (Å²) >= 11 is 0. The average Bonchev–Trinajstić information content (AvgIpc) is 2.46. The third-order valence-corrected chi connectivity index (χ3v) is 3.52. The number of fused-ring (bicyclic) bond motifs is 3. The van der Waals surface area contributed by atoms with Crippen molar-refractivity contribution in [2.45, 2.75) is 0 Å². The van der Waals surface area contributed by atoms with Gasteiger partial charge in [0.25, 0.3) is 0 Å². The third-order valence-electron chi connectivity index (χ3n) is 3.52. The number of hydrogen-bond donors (Lipinski definition) is 3. The summed E-state index contributed by atoms with van der Waals surface area (Å²) in [7, 11) is 0. The molecule has 0 saturated carbocycles. The Bertz CT molecular complexity index is 915. The Labute approximate surface area is 119 Å². The van der Waals surface area contributed by atoms with Gasteiger partial charge in [-0.25, -0.2) is 9.59 Å². The van der Waals surface area contributed by atoms with Crippen molar-refractivity contribution >= 4 is 39.2 Å². The van der Waals surface area contributed by atoms with Crippen LogP contribution in [0.25, 0.3) is 21.5 Å². The van der Waals surface area contributed by atoms with Crippen LogP contribution < -0.4 is 5.73 Å². The van der Waals surface area contributed by atoms with Crippen LogP contribution in [0.4, 0.5) is 5.69 Å². The van der Waals surface area contributed by atoms with Crippen LogP contribution in [0.2, 0.25) is 0 Å². The second-order valence-electron chi connectivity index (χ2n) is 4.70. The van der Waals surface area contributed by atoms with Crippen molar-refractivity contribution < 1.29 is 19.8 Å². The second kappa shape index (κ2) is 4.49. The third kappa shape index (κ3) is 1.87. The van der Waals surface area contributed by atoms with E-state index >= 15 is 0 Å². The molecule has 0 unspecified atom stereocenters. The van der Waals surface area contributed by atoms with Gasteiger partial charge in [-0.3, -0.25) is 0 Å². The maximum atomic E-state index is 11.5. The number of aromatic carboxylic acids is 2. The largest absolute Gasteiger partial charge is 0.478 e. The Kier molecular flexibility index (Phi) is 2.76. The van der Waals surface area contributed by atoms with Gasteiger partial charge in [0.05, 0.1) is 11.1 Å². The van der Waals surface area contributed by atoms with Gasteiger partial charge < -0.3 is 15.9 Å². The quantitative estimate of drug-likeness (QED) is 0.495. The lowest BCUT2D eigenvalue weighted by molar-refractivity contribution is 0.0653. The Hall–Kier alpha value is -3.08. The number of hydrogen-bond acceptors (Lipinski definition) is 3. The Morgan fingerprint density at radius 3 is 2.05 bits per heavy atom. The van der Waals surface area contributed by atoms with Gasteiger partial charge in [-0.2, -0.15) is 0 Å². The molecule has 0 heterocycles. The molecule has 0 amide bonds. The Morgan fingerprint density at radius 1 is 0.810 bits per heavy atom. The molecule has 0 saturated heterocycles. The number of carboxylic acid groups (broad SMARTS) is 2. The first kappa shape index (κ1) is 12.9. The maximum absolute atomic E-state index is 11.5. The van der Waals surface area contributed by atoms with Crippen LogP contribution in [-0.2, 0) is 0 Å². The lowest BCUT2D eigenvalue weighted by Gasteiger charge is -2.11. The molecule has 0 aliphatic rings. The van der Waals surface area contributed by atoms with Crippen LogP contribution >= 0.6 is 0 Å². The van der Waals surface area contributed by atoms with Crippen LogP contribution in [-0.4, -0.2) is 22.2 Å². The van der Waals surface area contributed by atoms with E-state index in [-0.39, 0.29) is 11.1 Å². The van der Waals surface area contributed by atoms with Crippen LogP contribution in [0.5, 0.6) is 0 Å². The summed E-state index contributed by atoms with van der Waals surface area (Å²) < 4.78 is 0. The molecule has 0 aromatic heterocycles. The lowest BCUT2D eigenvalue weighted by Crippen LogP contribution is -2.09. The molecular formula is C16H11NO4. The Morgan fingerprint density at radius 2 is 1.43 bits per heavy atom. The van der Waals surface area contributed by atoms with Gasteiger partial charge in [0.15, 0.2) is 0 Å². The summed E-state index contributed by atoms with van der Waals surface area (Å²) in [6, 6.07) is 11.8. The van der Waals surface area contributed by atoms with E-state index in [4.69, 9.17) is 10.8 Å². The molecule has 0 atom stereocenters. The Balaban J connectivity index is 2.58. The monoisotopic (exact) mass is 281 g/mol. The fourth-order valence-corrected chi connectivity index (χ4v) is 2.62. The molecule has 0 bridgehead atoms. The SMILES string of the molecule is Nc1cc2c(C(=O)O)c(C(=O)O)ccc2c2ccccc12. The van der Waals surface area contributed by atoms with E-state index in [0.29, 0.717) is 16.5 Å². The molecule has 0 radical (unpaired) electrons. The van der Waals surface area contributed by atoms with Crippen molar-refractivity contribution in [2.24, 2.45) is 0 Å². The maximum Gasteiger partial charge on any atom is 0.337 e. The van der Waals surface area contributed by atoms with E-state index < -0.39 is 11.9 Å². The summed E-state index contributed by atoms with van der Waals surface area (Å²) in [6.45, 7) is 0. The van der Waals surface area contributed by atoms with E-state index in [0.717, 1.165) is 10.8 Å². The molecular weight excluding hydrogens is 270 g/mol. The second-order valence-corrected chi connectivity index (χ2v) is 4.70. The highest BCUT2D eigenvalue weighted by molar-refractivity contribution is 6.20. The number of anilines is 1. The zero-order valence-electron chi connectivity index (χ0n) is 10.8. The molecule has 104 valence electrons. The number of carbonyl (C=O) groups is 2. The molecule has 0 aliphatic heterocycles. The number of rotatable bonds is 2. The van der Waals surface area contributed by atoms with E-state index in [1.165, 1.54) is 12.1 Å². The van der Waals surface area contributed by atoms with Crippen molar-refractivity contribution in [3.63, 3.8) is 0 Å². The summed E-state index contributed by atoms with van der Waals surface area (Å²) in [5, 5.41) is 21.1. The van der Waals surface area contributed by atoms with Crippen LogP contribution in [0, 0.1) is 0 Å². The first-order valence-corrected chi connectivity index (χ1v) is 6.21. The van der Waals surface area contributed by atoms with Gasteiger partial charge >= 0.3 is 11.9 Å². The molecule has 0 aliphatic carbocycles. The number of nitrogens with two attached hydrogens (primary N) is 1. The predicted molar refractivity (Wildman–Crippen MR) is 79.8 cm³/mol. The minimum absolute atomic E-state index is 0.238. The minimum atomic E-state index is -1.28. The molecule has 21 heavy (non-hydrogen) atoms. The minimum Gasteiger partial charge on any atom is -0.478 e. The van der Waals surface area contributed by atoms with Gasteiger partial charge in [0, 0.05) is 11.1 Å². The van der Waals surface area contributed by atoms with Gasteiger partial charge in [-0.05, 0) is 28.3 Å². The normalized spacial score (nSPS) is 10.9. The van der Waals surface area contributed by atoms with Gasteiger partial charge in [0.1, 0.15) is 0 Å². The molecule has 3 aromatic rings. The summed E-state index contributed by atoms with van der Waals surface area (Å²) in [5.41, 5.74) is 5.91. The van der Waals surface area contributed by atoms with Gasteiger partial charge in [0.2, 0.25) is 0 Å². The molecule has 0 fully saturated rings. The van der Waals surface area contributed by atoms with Crippen molar-refractivity contribution in [1.82, 2.24) is 0 Å². The van der Waals surface area contributed by atoms with Crippen LogP contribution in [0.1, 0.15) is 20.7 Å². The van der Waals surface area contributed by atoms with Gasteiger partial charge in [-0.1, -0.05) is 30.3 Å². The summed E-state index contributed by atoms with van der Waals surface area (Å²) in [4.78, 5) is 22.7. The molecule has 5 nitrogen and oxygen atoms in total. The molecule has 0 spiro atoms. The van der Waals surface area contributed by atoms with Crippen LogP contribution in [0.15, 0.2) is 42.5 Å². The first-order valence-electron chi connectivity index (χ1n) is 6.21. The van der Waals surface area contributed by atoms with E-state index in [1.807, 2.05) is 24.3 Å². The smallest absolute Gasteiger partial charge is 0.337 e. The number of benzene rings is 3. The van der Waals surface area contributed by atoms with Gasteiger partial charge in [-0.15, -0.1) is 0 Å². The molecule has 5 heteroatoms. The highest BCUT2D eigenvalue weighted by atomic mass is 16.4. The van der Waals surface area contributed by atoms with Crippen molar-refractivity contribution in [3.8, 4) is 0 Å². The fraction of sp³-hybridized carbons (Fsp3) is 0. The number of carboxylic acids is 2. The zero-order chi connectivity index (χ0) is 15.1. The number of nitrogen functional groups attached to an aromatic ring is 1. The molecule has 3 rings (SSSR count). The average molecular weight is 281 g/mol. The molecule has 4 N–H and O–H groups in total. The predicted octanol–water partition coefficient (Wildman–Crippen LogP) is 2.97. The lowest BCUT2D eigenvalue weighted by atomic mass is 9.94. The zero-order valence-corrected chi connectivity index (χ0v) is 10.8. The van der Waals surface area contributed by atoms with Crippen molar-refractivity contribution in [3.05, 3.63) is 53.6 Å². The standard InChI is InChI=1S/C16H11NO4/c17-13-7-12-9(8-3-1-2-4-10(8)13)5-6-11(15(18)19)14(12)16(20)21/h1-7H,17H2,(H,18,19)(H,20,21). The fourth-order valence-electron chi connectivity index (χ4n) is 2.62. The highest BCUT2D eigenvalue weighted by Crippen LogP contribution is 2.33. The highest BCUT2D eigenvalue weighted by Gasteiger charge is 2.20. The topological polar surface area (TPSA) is 101 Å². The summed E-state index contributed by atoms with van der Waals surface area (Å²) in [6.07, 6.45) is 0.